The van der Waals surface area contributed by atoms with Gasteiger partial charge in [0.2, 0.25) is 0 Å². The van der Waals surface area contributed by atoms with Crippen molar-refractivity contribution in [2.75, 3.05) is 24.2 Å². The summed E-state index contributed by atoms with van der Waals surface area (Å²) < 4.78 is 23.7. The third-order valence-electron chi connectivity index (χ3n) is 4.34. The first kappa shape index (κ1) is 20.1. The van der Waals surface area contributed by atoms with E-state index in [2.05, 4.69) is 24.1 Å². The van der Waals surface area contributed by atoms with E-state index in [9.17, 15) is 13.2 Å². The first-order valence-electron chi connectivity index (χ1n) is 8.85. The standard InChI is InChI=1S/C20H26N2O3S/c1-4-22(5-2)15-16-8-7-9-18(14-16)21-20(23)17-10-12-19(13-11-17)26(24,25)6-3/h7-14H,4-6,15H2,1-3H3,(H,21,23). The Kier molecular flexibility index (Phi) is 6.94. The number of carbonyl (C=O) groups is 1. The van der Waals surface area contributed by atoms with Crippen molar-refractivity contribution in [1.82, 2.24) is 4.90 Å². The van der Waals surface area contributed by atoms with Crippen LogP contribution in [0.2, 0.25) is 0 Å². The molecule has 0 aliphatic rings. The molecule has 0 atom stereocenters. The number of anilines is 1. The van der Waals surface area contributed by atoms with Crippen molar-refractivity contribution < 1.29 is 13.2 Å². The lowest BCUT2D eigenvalue weighted by atomic mass is 10.1. The first-order chi connectivity index (χ1) is 12.4. The fourth-order valence-corrected chi connectivity index (χ4v) is 3.52. The molecule has 1 amide bonds. The van der Waals surface area contributed by atoms with Gasteiger partial charge in [-0.2, -0.15) is 0 Å². The van der Waals surface area contributed by atoms with E-state index < -0.39 is 9.84 Å². The van der Waals surface area contributed by atoms with Crippen LogP contribution in [0.15, 0.2) is 53.4 Å². The lowest BCUT2D eigenvalue weighted by Gasteiger charge is -2.18. The lowest BCUT2D eigenvalue weighted by molar-refractivity contribution is 0.102. The summed E-state index contributed by atoms with van der Waals surface area (Å²) >= 11 is 0. The third-order valence-corrected chi connectivity index (χ3v) is 6.09. The summed E-state index contributed by atoms with van der Waals surface area (Å²) in [5.74, 6) is -0.219. The number of hydrogen-bond donors (Lipinski definition) is 1. The molecule has 2 aromatic carbocycles. The highest BCUT2D eigenvalue weighted by Gasteiger charge is 2.13. The number of rotatable bonds is 8. The van der Waals surface area contributed by atoms with Crippen LogP contribution in [0.4, 0.5) is 5.69 Å². The van der Waals surface area contributed by atoms with Crippen LogP contribution in [0.1, 0.15) is 36.7 Å². The predicted octanol–water partition coefficient (Wildman–Crippen LogP) is 3.57. The fraction of sp³-hybridized carbons (Fsp3) is 0.350. The molecule has 0 saturated heterocycles. The van der Waals surface area contributed by atoms with Crippen LogP contribution in [0, 0.1) is 0 Å². The van der Waals surface area contributed by atoms with Crippen molar-refractivity contribution in [3.8, 4) is 0 Å². The van der Waals surface area contributed by atoms with Gasteiger partial charge in [0.1, 0.15) is 0 Å². The molecular weight excluding hydrogens is 348 g/mol. The summed E-state index contributed by atoms with van der Waals surface area (Å²) in [6, 6.07) is 13.8. The number of hydrogen-bond acceptors (Lipinski definition) is 4. The van der Waals surface area contributed by atoms with Crippen molar-refractivity contribution >= 4 is 21.4 Å². The van der Waals surface area contributed by atoms with E-state index in [1.165, 1.54) is 24.3 Å². The van der Waals surface area contributed by atoms with E-state index in [0.717, 1.165) is 30.9 Å². The second-order valence-corrected chi connectivity index (χ2v) is 8.32. The van der Waals surface area contributed by atoms with Crippen molar-refractivity contribution in [1.29, 1.82) is 0 Å². The summed E-state index contributed by atoms with van der Waals surface area (Å²) in [7, 11) is -3.26. The molecule has 2 rings (SSSR count). The van der Waals surface area contributed by atoms with Crippen molar-refractivity contribution in [3.63, 3.8) is 0 Å². The van der Waals surface area contributed by atoms with E-state index in [-0.39, 0.29) is 16.6 Å². The Morgan fingerprint density at radius 3 is 2.23 bits per heavy atom. The van der Waals surface area contributed by atoms with Gasteiger partial charge < -0.3 is 5.32 Å². The minimum absolute atomic E-state index is 0.0396. The zero-order valence-electron chi connectivity index (χ0n) is 15.5. The van der Waals surface area contributed by atoms with E-state index in [1.54, 1.807) is 6.92 Å². The molecule has 2 aromatic rings. The van der Waals surface area contributed by atoms with Gasteiger partial charge in [-0.1, -0.05) is 32.9 Å². The van der Waals surface area contributed by atoms with Gasteiger partial charge in [0.05, 0.1) is 10.6 Å². The van der Waals surface area contributed by atoms with Crippen LogP contribution in [0.3, 0.4) is 0 Å². The fourth-order valence-electron chi connectivity index (χ4n) is 2.64. The highest BCUT2D eigenvalue weighted by Crippen LogP contribution is 2.16. The van der Waals surface area contributed by atoms with Gasteiger partial charge in [-0.3, -0.25) is 9.69 Å². The lowest BCUT2D eigenvalue weighted by Crippen LogP contribution is -2.22. The van der Waals surface area contributed by atoms with Crippen LogP contribution < -0.4 is 5.32 Å². The Morgan fingerprint density at radius 1 is 1.00 bits per heavy atom. The maximum Gasteiger partial charge on any atom is 0.255 e. The van der Waals surface area contributed by atoms with Crippen molar-refractivity contribution in [3.05, 3.63) is 59.7 Å². The van der Waals surface area contributed by atoms with Gasteiger partial charge in [-0.05, 0) is 55.1 Å². The number of nitrogens with zero attached hydrogens (tertiary/aromatic N) is 1. The number of amides is 1. The molecule has 0 fully saturated rings. The molecule has 1 N–H and O–H groups in total. The molecule has 0 aliphatic heterocycles. The van der Waals surface area contributed by atoms with Crippen LogP contribution >= 0.6 is 0 Å². The minimum Gasteiger partial charge on any atom is -0.322 e. The van der Waals surface area contributed by atoms with Gasteiger partial charge in [-0.15, -0.1) is 0 Å². The molecular formula is C20H26N2O3S. The molecule has 0 spiro atoms. The Labute approximate surface area is 156 Å². The van der Waals surface area contributed by atoms with Crippen molar-refractivity contribution in [2.45, 2.75) is 32.2 Å². The summed E-state index contributed by atoms with van der Waals surface area (Å²) in [5, 5.41) is 2.87. The molecule has 26 heavy (non-hydrogen) atoms. The number of benzene rings is 2. The molecule has 0 saturated carbocycles. The molecule has 0 bridgehead atoms. The quantitative estimate of drug-likeness (QED) is 0.767. The van der Waals surface area contributed by atoms with Gasteiger partial charge in [0.25, 0.3) is 5.91 Å². The highest BCUT2D eigenvalue weighted by atomic mass is 32.2. The Balaban J connectivity index is 2.10. The van der Waals surface area contributed by atoms with E-state index in [4.69, 9.17) is 0 Å². The molecule has 6 heteroatoms. The predicted molar refractivity (Wildman–Crippen MR) is 105 cm³/mol. The first-order valence-corrected chi connectivity index (χ1v) is 10.5. The largest absolute Gasteiger partial charge is 0.322 e. The second-order valence-electron chi connectivity index (χ2n) is 6.04. The Bertz CT molecular complexity index is 842. The van der Waals surface area contributed by atoms with Crippen molar-refractivity contribution in [2.24, 2.45) is 0 Å². The monoisotopic (exact) mass is 374 g/mol. The number of nitrogens with one attached hydrogen (secondary N) is 1. The zero-order chi connectivity index (χ0) is 19.2. The smallest absolute Gasteiger partial charge is 0.255 e. The van der Waals surface area contributed by atoms with Crippen LogP contribution in [0.25, 0.3) is 0 Å². The molecule has 5 nitrogen and oxygen atoms in total. The van der Waals surface area contributed by atoms with Gasteiger partial charge in [0.15, 0.2) is 9.84 Å². The maximum absolute atomic E-state index is 12.4. The summed E-state index contributed by atoms with van der Waals surface area (Å²) in [5.41, 5.74) is 2.29. The average molecular weight is 375 g/mol. The second kappa shape index (κ2) is 8.96. The summed E-state index contributed by atoms with van der Waals surface area (Å²) in [4.78, 5) is 15.0. The Morgan fingerprint density at radius 2 is 1.65 bits per heavy atom. The molecule has 0 unspecified atom stereocenters. The Hall–Kier alpha value is -2.18. The van der Waals surface area contributed by atoms with E-state index in [0.29, 0.717) is 5.56 Å². The molecule has 140 valence electrons. The van der Waals surface area contributed by atoms with E-state index >= 15 is 0 Å². The molecule has 0 radical (unpaired) electrons. The topological polar surface area (TPSA) is 66.5 Å². The number of carbonyl (C=O) groups excluding carboxylic acids is 1. The normalized spacial score (nSPS) is 11.5. The third kappa shape index (κ3) is 5.16. The minimum atomic E-state index is -3.26. The van der Waals surface area contributed by atoms with Crippen LogP contribution in [-0.4, -0.2) is 38.1 Å². The maximum atomic E-state index is 12.4. The zero-order valence-corrected chi connectivity index (χ0v) is 16.3. The van der Waals surface area contributed by atoms with Gasteiger partial charge in [0, 0.05) is 17.8 Å². The SMILES string of the molecule is CCN(CC)Cc1cccc(NC(=O)c2ccc(S(=O)(=O)CC)cc2)c1. The summed E-state index contributed by atoms with van der Waals surface area (Å²) in [6.45, 7) is 8.62. The number of sulfone groups is 1. The highest BCUT2D eigenvalue weighted by molar-refractivity contribution is 7.91. The van der Waals surface area contributed by atoms with Gasteiger partial charge >= 0.3 is 0 Å². The molecule has 0 aliphatic carbocycles. The van der Waals surface area contributed by atoms with Crippen LogP contribution in [0.5, 0.6) is 0 Å². The van der Waals surface area contributed by atoms with Gasteiger partial charge in [-0.25, -0.2) is 8.42 Å². The average Bonchev–Trinajstić information content (AvgIpc) is 2.66. The molecule has 0 aromatic heterocycles. The van der Waals surface area contributed by atoms with Crippen LogP contribution in [-0.2, 0) is 16.4 Å². The van der Waals surface area contributed by atoms with E-state index in [1.807, 2.05) is 24.3 Å². The summed E-state index contributed by atoms with van der Waals surface area (Å²) in [6.07, 6.45) is 0. The molecule has 0 heterocycles.